The van der Waals surface area contributed by atoms with Crippen LogP contribution >= 0.6 is 0 Å². The molecule has 3 heterocycles. The van der Waals surface area contributed by atoms with Crippen molar-refractivity contribution in [2.75, 3.05) is 0 Å². The minimum Gasteiger partial charge on any atom is -0.309 e. The van der Waals surface area contributed by atoms with E-state index in [9.17, 15) is 0 Å². The number of aryl methyl sites for hydroxylation is 4. The summed E-state index contributed by atoms with van der Waals surface area (Å²) >= 11 is 0. The Hall–Kier alpha value is -7.30. The third-order valence-corrected chi connectivity index (χ3v) is 12.7. The molecular weight excluding hydrogens is 705 g/mol. The molecule has 12 rings (SSSR count). The summed E-state index contributed by atoms with van der Waals surface area (Å²) in [5.74, 6) is 0. The Morgan fingerprint density at radius 3 is 1.03 bits per heavy atom. The van der Waals surface area contributed by atoms with Crippen molar-refractivity contribution in [1.82, 2.24) is 19.1 Å². The fourth-order valence-corrected chi connectivity index (χ4v) is 10.1. The summed E-state index contributed by atoms with van der Waals surface area (Å²) in [6.45, 7) is 9.05. The maximum atomic E-state index is 4.88. The predicted octanol–water partition coefficient (Wildman–Crippen LogP) is 14.0. The first-order chi connectivity index (χ1) is 28.5. The van der Waals surface area contributed by atoms with E-state index in [2.05, 4.69) is 182 Å². The number of nitrogens with zero attached hydrogens (tertiary/aromatic N) is 4. The van der Waals surface area contributed by atoms with Crippen molar-refractivity contribution in [1.29, 1.82) is 0 Å². The van der Waals surface area contributed by atoms with Gasteiger partial charge in [0.05, 0.1) is 33.5 Å². The van der Waals surface area contributed by atoms with Gasteiger partial charge >= 0.3 is 0 Å². The van der Waals surface area contributed by atoms with E-state index in [4.69, 9.17) is 9.97 Å². The Kier molecular flexibility index (Phi) is 6.86. The summed E-state index contributed by atoms with van der Waals surface area (Å²) in [6, 6.07) is 53.8. The molecule has 0 atom stereocenters. The molecule has 4 nitrogen and oxygen atoms in total. The van der Waals surface area contributed by atoms with Crippen LogP contribution in [0.1, 0.15) is 22.3 Å². The lowest BCUT2D eigenvalue weighted by atomic mass is 9.85. The van der Waals surface area contributed by atoms with Gasteiger partial charge in [-0.3, -0.25) is 9.97 Å². The first kappa shape index (κ1) is 32.9. The monoisotopic (exact) mass is 742 g/mol. The van der Waals surface area contributed by atoms with Crippen molar-refractivity contribution >= 4 is 54.4 Å². The molecule has 58 heavy (non-hydrogen) atoms. The Morgan fingerprint density at radius 1 is 0.328 bits per heavy atom. The molecule has 8 aromatic carbocycles. The molecule has 0 radical (unpaired) electrons. The molecule has 1 aliphatic carbocycles. The topological polar surface area (TPSA) is 35.6 Å². The second-order valence-corrected chi connectivity index (χ2v) is 16.0. The number of hydrogen-bond donors (Lipinski definition) is 0. The molecular formula is C54H38N4. The summed E-state index contributed by atoms with van der Waals surface area (Å²) in [6.07, 6.45) is 3.63. The molecule has 0 spiro atoms. The van der Waals surface area contributed by atoms with E-state index in [1.165, 1.54) is 110 Å². The minimum absolute atomic E-state index is 0.954. The smallest absolute Gasteiger partial charge is 0.0971 e. The Bertz CT molecular complexity index is 3220. The van der Waals surface area contributed by atoms with Gasteiger partial charge < -0.3 is 9.13 Å². The Labute approximate surface area is 336 Å². The van der Waals surface area contributed by atoms with Gasteiger partial charge in [0, 0.05) is 61.8 Å². The van der Waals surface area contributed by atoms with Crippen LogP contribution in [0, 0.1) is 27.7 Å². The number of para-hydroxylation sites is 4. The first-order valence-electron chi connectivity index (χ1n) is 20.1. The summed E-state index contributed by atoms with van der Waals surface area (Å²) in [5, 5.41) is 7.55. The molecule has 3 aromatic heterocycles. The van der Waals surface area contributed by atoms with Crippen molar-refractivity contribution in [3.05, 3.63) is 180 Å². The number of rotatable bonds is 4. The number of benzene rings is 8. The molecule has 1 aliphatic rings. The number of hydrogen-bond acceptors (Lipinski definition) is 2. The number of fused-ring (bicyclic) bond motifs is 9. The van der Waals surface area contributed by atoms with Gasteiger partial charge in [-0.05, 0) is 126 Å². The van der Waals surface area contributed by atoms with Gasteiger partial charge in [-0.1, -0.05) is 97.1 Å². The van der Waals surface area contributed by atoms with Gasteiger partial charge in [-0.2, -0.15) is 0 Å². The van der Waals surface area contributed by atoms with Crippen LogP contribution in [-0.4, -0.2) is 19.1 Å². The Balaban J connectivity index is 1.10. The molecule has 0 bridgehead atoms. The standard InChI is InChI=1S/C54H38N4/c1-31-29-49(57-45-17-9-5-13-35(45)36-14-6-10-18-46(36)57)33(3)27-43(31)39-21-23-41-52-42(54-53(41)55-25-26-56-54)24-22-40(51(39)52)44-28-34(4)50(30-32(44)2)58-47-19-11-7-15-37(47)38-16-8-12-20-48(38)58/h5-30H,1-4H3. The van der Waals surface area contributed by atoms with Gasteiger partial charge in [0.1, 0.15) is 0 Å². The quantitative estimate of drug-likeness (QED) is 0.180. The van der Waals surface area contributed by atoms with E-state index >= 15 is 0 Å². The van der Waals surface area contributed by atoms with Crippen molar-refractivity contribution in [2.24, 2.45) is 0 Å². The predicted molar refractivity (Wildman–Crippen MR) is 242 cm³/mol. The molecule has 0 unspecified atom stereocenters. The van der Waals surface area contributed by atoms with Gasteiger partial charge in [-0.15, -0.1) is 0 Å². The van der Waals surface area contributed by atoms with Gasteiger partial charge in [0.15, 0.2) is 0 Å². The van der Waals surface area contributed by atoms with Crippen LogP contribution in [0.25, 0.3) is 111 Å². The summed E-state index contributed by atoms with van der Waals surface area (Å²) < 4.78 is 4.88. The third kappa shape index (κ3) is 4.46. The fraction of sp³-hybridized carbons (Fsp3) is 0.0741. The van der Waals surface area contributed by atoms with E-state index in [-0.39, 0.29) is 0 Å². The van der Waals surface area contributed by atoms with E-state index in [0.29, 0.717) is 0 Å². The van der Waals surface area contributed by atoms with Crippen molar-refractivity contribution < 1.29 is 0 Å². The lowest BCUT2D eigenvalue weighted by molar-refractivity contribution is 1.14. The van der Waals surface area contributed by atoms with E-state index in [1.54, 1.807) is 0 Å². The van der Waals surface area contributed by atoms with Crippen LogP contribution in [0.15, 0.2) is 158 Å². The molecule has 0 fully saturated rings. The van der Waals surface area contributed by atoms with E-state index < -0.39 is 0 Å². The van der Waals surface area contributed by atoms with Crippen LogP contribution in [-0.2, 0) is 0 Å². The van der Waals surface area contributed by atoms with Crippen LogP contribution < -0.4 is 0 Å². The van der Waals surface area contributed by atoms with Crippen molar-refractivity contribution in [2.45, 2.75) is 27.7 Å². The lowest BCUT2D eigenvalue weighted by Gasteiger charge is -2.20. The highest BCUT2D eigenvalue weighted by Gasteiger charge is 2.28. The molecule has 0 saturated heterocycles. The normalized spacial score (nSPS) is 12.1. The molecule has 0 aliphatic heterocycles. The van der Waals surface area contributed by atoms with Crippen LogP contribution in [0.2, 0.25) is 0 Å². The lowest BCUT2D eigenvalue weighted by Crippen LogP contribution is -2.00. The SMILES string of the molecule is Cc1cc(-n2c3ccccc3c3ccccc32)c(C)cc1-c1ccc2c3c(ccc(-c4cc(C)c(-n5c6ccccc6c6ccccc65)cc4C)c13)-c1nccnc1-2. The van der Waals surface area contributed by atoms with Crippen LogP contribution in [0.4, 0.5) is 0 Å². The van der Waals surface area contributed by atoms with Crippen LogP contribution in [0.5, 0.6) is 0 Å². The highest BCUT2D eigenvalue weighted by molar-refractivity contribution is 6.22. The second-order valence-electron chi connectivity index (χ2n) is 16.0. The molecule has 11 aromatic rings. The third-order valence-electron chi connectivity index (χ3n) is 12.7. The zero-order valence-electron chi connectivity index (χ0n) is 32.8. The summed E-state index contributed by atoms with van der Waals surface area (Å²) in [5.41, 5.74) is 21.3. The van der Waals surface area contributed by atoms with Gasteiger partial charge in [-0.25, -0.2) is 0 Å². The zero-order valence-corrected chi connectivity index (χ0v) is 32.8. The first-order valence-corrected chi connectivity index (χ1v) is 20.1. The maximum Gasteiger partial charge on any atom is 0.0971 e. The molecule has 0 amide bonds. The molecule has 274 valence electrons. The van der Waals surface area contributed by atoms with Crippen molar-refractivity contribution in [3.63, 3.8) is 0 Å². The maximum absolute atomic E-state index is 4.88. The van der Waals surface area contributed by atoms with Crippen molar-refractivity contribution in [3.8, 4) is 56.1 Å². The fourth-order valence-electron chi connectivity index (χ4n) is 10.1. The van der Waals surface area contributed by atoms with Gasteiger partial charge in [0.25, 0.3) is 0 Å². The molecule has 0 N–H and O–H groups in total. The zero-order chi connectivity index (χ0) is 38.8. The minimum atomic E-state index is 0.954. The molecule has 4 heteroatoms. The average molecular weight is 743 g/mol. The second kappa shape index (κ2) is 12.1. The van der Waals surface area contributed by atoms with Gasteiger partial charge in [0.2, 0.25) is 0 Å². The Morgan fingerprint density at radius 2 is 0.655 bits per heavy atom. The average Bonchev–Trinajstić information content (AvgIpc) is 3.89. The summed E-state index contributed by atoms with van der Waals surface area (Å²) in [4.78, 5) is 9.76. The largest absolute Gasteiger partial charge is 0.309 e. The summed E-state index contributed by atoms with van der Waals surface area (Å²) in [7, 11) is 0. The van der Waals surface area contributed by atoms with E-state index in [0.717, 1.165) is 22.5 Å². The van der Waals surface area contributed by atoms with E-state index in [1.807, 2.05) is 12.4 Å². The van der Waals surface area contributed by atoms with Crippen LogP contribution in [0.3, 0.4) is 0 Å². The highest BCUT2D eigenvalue weighted by atomic mass is 15.0. The highest BCUT2D eigenvalue weighted by Crippen LogP contribution is 2.52. The number of aromatic nitrogens is 4. The molecule has 0 saturated carbocycles.